The van der Waals surface area contributed by atoms with Crippen LogP contribution < -0.4 is 0 Å². The molecule has 124 valence electrons. The highest BCUT2D eigenvalue weighted by Gasteiger charge is 2.30. The summed E-state index contributed by atoms with van der Waals surface area (Å²) in [4.78, 5) is 6.83. The Morgan fingerprint density at radius 2 is 1.67 bits per heavy atom. The molecule has 2 aromatic carbocycles. The van der Waals surface area contributed by atoms with Crippen molar-refractivity contribution in [2.45, 2.75) is 23.7 Å². The Balaban J connectivity index is 1.76. The third-order valence-electron chi connectivity index (χ3n) is 3.46. The van der Waals surface area contributed by atoms with Gasteiger partial charge in [0, 0.05) is 21.1 Å². The second-order valence-corrected chi connectivity index (χ2v) is 7.34. The Labute approximate surface area is 146 Å². The zero-order valence-electron chi connectivity index (χ0n) is 12.8. The third kappa shape index (κ3) is 3.99. The Bertz CT molecular complexity index is 809. The smallest absolute Gasteiger partial charge is 0.241 e. The van der Waals surface area contributed by atoms with E-state index in [0.29, 0.717) is 5.56 Å². The van der Waals surface area contributed by atoms with Crippen molar-refractivity contribution in [1.82, 2.24) is 4.98 Å². The second-order valence-electron chi connectivity index (χ2n) is 5.20. The Morgan fingerprint density at radius 3 is 2.29 bits per heavy atom. The van der Waals surface area contributed by atoms with Crippen LogP contribution >= 0.6 is 23.1 Å². The average Bonchev–Trinajstić information content (AvgIpc) is 2.94. The second kappa shape index (κ2) is 6.99. The van der Waals surface area contributed by atoms with Crippen molar-refractivity contribution in [1.29, 1.82) is 0 Å². The molecule has 1 nitrogen and oxygen atoms in total. The van der Waals surface area contributed by atoms with E-state index in [1.165, 1.54) is 28.4 Å². The molecule has 6 heteroatoms. The zero-order chi connectivity index (χ0) is 17.2. The first-order valence-corrected chi connectivity index (χ1v) is 9.05. The summed E-state index contributed by atoms with van der Waals surface area (Å²) in [5.41, 5.74) is 1.00. The maximum Gasteiger partial charge on any atom is 0.416 e. The molecule has 3 rings (SSSR count). The van der Waals surface area contributed by atoms with Crippen LogP contribution in [-0.4, -0.2) is 4.98 Å². The normalized spacial score (nSPS) is 11.7. The van der Waals surface area contributed by atoms with Crippen molar-refractivity contribution >= 4 is 23.1 Å². The molecule has 0 bridgehead atoms. The van der Waals surface area contributed by atoms with Gasteiger partial charge in [-0.1, -0.05) is 30.3 Å². The van der Waals surface area contributed by atoms with E-state index in [2.05, 4.69) is 17.1 Å². The van der Waals surface area contributed by atoms with E-state index >= 15 is 0 Å². The zero-order valence-corrected chi connectivity index (χ0v) is 14.4. The topological polar surface area (TPSA) is 12.9 Å². The highest BCUT2D eigenvalue weighted by atomic mass is 32.2. The lowest BCUT2D eigenvalue weighted by Gasteiger charge is -2.06. The SMILES string of the molecule is Cc1nc(-c2ccc(C(F)(F)F)cc2)sc1CSc1ccccc1. The van der Waals surface area contributed by atoms with Crippen molar-refractivity contribution in [2.24, 2.45) is 0 Å². The number of aryl methyl sites for hydroxylation is 1. The number of rotatable bonds is 4. The fraction of sp³-hybridized carbons (Fsp3) is 0.167. The number of aromatic nitrogens is 1. The quantitative estimate of drug-likeness (QED) is 0.494. The van der Waals surface area contributed by atoms with E-state index in [0.717, 1.165) is 33.5 Å². The van der Waals surface area contributed by atoms with Gasteiger partial charge in [0.2, 0.25) is 0 Å². The molecule has 0 spiro atoms. The van der Waals surface area contributed by atoms with Crippen LogP contribution in [0.15, 0.2) is 59.5 Å². The van der Waals surface area contributed by atoms with Crippen LogP contribution in [0.2, 0.25) is 0 Å². The predicted octanol–water partition coefficient (Wildman–Crippen LogP) is 6.43. The van der Waals surface area contributed by atoms with Crippen molar-refractivity contribution in [3.05, 3.63) is 70.7 Å². The molecular weight excluding hydrogens is 351 g/mol. The van der Waals surface area contributed by atoms with E-state index in [1.54, 1.807) is 11.8 Å². The van der Waals surface area contributed by atoms with Gasteiger partial charge < -0.3 is 0 Å². The minimum Gasteiger partial charge on any atom is -0.241 e. The Hall–Kier alpha value is -1.79. The van der Waals surface area contributed by atoms with Gasteiger partial charge in [-0.3, -0.25) is 0 Å². The molecular formula is C18H14F3NS2. The summed E-state index contributed by atoms with van der Waals surface area (Å²) in [5, 5.41) is 0.755. The number of hydrogen-bond acceptors (Lipinski definition) is 3. The van der Waals surface area contributed by atoms with Gasteiger partial charge in [0.25, 0.3) is 0 Å². The lowest BCUT2D eigenvalue weighted by Crippen LogP contribution is -2.03. The van der Waals surface area contributed by atoms with E-state index < -0.39 is 11.7 Å². The fourth-order valence-corrected chi connectivity index (χ4v) is 4.28. The Kier molecular flexibility index (Phi) is 4.96. The Morgan fingerprint density at radius 1 is 1.00 bits per heavy atom. The minimum absolute atomic E-state index is 0.639. The van der Waals surface area contributed by atoms with Gasteiger partial charge in [0.05, 0.1) is 11.3 Å². The van der Waals surface area contributed by atoms with Crippen LogP contribution in [0.25, 0.3) is 10.6 Å². The number of thiazole rings is 1. The molecule has 0 atom stereocenters. The van der Waals surface area contributed by atoms with Gasteiger partial charge in [-0.2, -0.15) is 13.2 Å². The summed E-state index contributed by atoms with van der Waals surface area (Å²) in [6.45, 7) is 1.94. The average molecular weight is 365 g/mol. The molecule has 0 radical (unpaired) electrons. The number of thioether (sulfide) groups is 1. The van der Waals surface area contributed by atoms with Gasteiger partial charge in [-0.05, 0) is 31.2 Å². The van der Waals surface area contributed by atoms with Crippen molar-refractivity contribution in [3.63, 3.8) is 0 Å². The van der Waals surface area contributed by atoms with Crippen molar-refractivity contribution < 1.29 is 13.2 Å². The molecule has 0 amide bonds. The summed E-state index contributed by atoms with van der Waals surface area (Å²) in [7, 11) is 0. The van der Waals surface area contributed by atoms with E-state index in [9.17, 15) is 13.2 Å². The molecule has 0 aliphatic rings. The summed E-state index contributed by atoms with van der Waals surface area (Å²) < 4.78 is 37.9. The molecule has 0 unspecified atom stereocenters. The van der Waals surface area contributed by atoms with Crippen LogP contribution in [0.4, 0.5) is 13.2 Å². The molecule has 1 aromatic heterocycles. The van der Waals surface area contributed by atoms with Crippen molar-refractivity contribution in [3.8, 4) is 10.6 Å². The van der Waals surface area contributed by atoms with E-state index in [1.807, 2.05) is 25.1 Å². The molecule has 3 aromatic rings. The van der Waals surface area contributed by atoms with Crippen molar-refractivity contribution in [2.75, 3.05) is 0 Å². The van der Waals surface area contributed by atoms with Crippen LogP contribution in [0.5, 0.6) is 0 Å². The lowest BCUT2D eigenvalue weighted by molar-refractivity contribution is -0.137. The summed E-state index contributed by atoms with van der Waals surface area (Å²) in [5.74, 6) is 0.800. The molecule has 0 N–H and O–H groups in total. The maximum atomic E-state index is 12.6. The van der Waals surface area contributed by atoms with E-state index in [4.69, 9.17) is 0 Å². The monoisotopic (exact) mass is 365 g/mol. The molecule has 0 aliphatic heterocycles. The minimum atomic E-state index is -4.31. The number of halogens is 3. The maximum absolute atomic E-state index is 12.6. The number of alkyl halides is 3. The summed E-state index contributed by atoms with van der Waals surface area (Å²) in [6, 6.07) is 15.2. The standard InChI is InChI=1S/C18H14F3NS2/c1-12-16(11-23-15-5-3-2-4-6-15)24-17(22-12)13-7-9-14(10-8-13)18(19,20)21/h2-10H,11H2,1H3. The largest absolute Gasteiger partial charge is 0.416 e. The molecule has 1 heterocycles. The van der Waals surface area contributed by atoms with Crippen LogP contribution in [0.1, 0.15) is 16.1 Å². The van der Waals surface area contributed by atoms with Gasteiger partial charge in [0.15, 0.2) is 0 Å². The fourth-order valence-electron chi connectivity index (χ4n) is 2.15. The van der Waals surface area contributed by atoms with Gasteiger partial charge >= 0.3 is 6.18 Å². The van der Waals surface area contributed by atoms with Crippen LogP contribution in [-0.2, 0) is 11.9 Å². The highest BCUT2D eigenvalue weighted by molar-refractivity contribution is 7.98. The van der Waals surface area contributed by atoms with Gasteiger partial charge in [-0.15, -0.1) is 23.1 Å². The highest BCUT2D eigenvalue weighted by Crippen LogP contribution is 2.34. The first-order valence-electron chi connectivity index (χ1n) is 7.25. The van der Waals surface area contributed by atoms with Crippen LogP contribution in [0, 0.1) is 6.92 Å². The molecule has 0 saturated carbocycles. The summed E-state index contributed by atoms with van der Waals surface area (Å²) in [6.07, 6.45) is -4.31. The number of hydrogen-bond donors (Lipinski definition) is 0. The number of nitrogens with zero attached hydrogens (tertiary/aromatic N) is 1. The lowest BCUT2D eigenvalue weighted by atomic mass is 10.1. The van der Waals surface area contributed by atoms with Crippen LogP contribution in [0.3, 0.4) is 0 Å². The molecule has 0 fully saturated rings. The molecule has 24 heavy (non-hydrogen) atoms. The first-order chi connectivity index (χ1) is 11.4. The molecule has 0 aliphatic carbocycles. The molecule has 0 saturated heterocycles. The number of benzene rings is 2. The predicted molar refractivity (Wildman–Crippen MR) is 93.3 cm³/mol. The summed E-state index contributed by atoms with van der Waals surface area (Å²) >= 11 is 3.26. The van der Waals surface area contributed by atoms with Gasteiger partial charge in [0.1, 0.15) is 5.01 Å². The van der Waals surface area contributed by atoms with E-state index in [-0.39, 0.29) is 0 Å². The first kappa shape index (κ1) is 17.0. The van der Waals surface area contributed by atoms with Gasteiger partial charge in [-0.25, -0.2) is 4.98 Å². The third-order valence-corrected chi connectivity index (χ3v) is 5.89.